The zero-order valence-electron chi connectivity index (χ0n) is 24.7. The van der Waals surface area contributed by atoms with Crippen molar-refractivity contribution in [2.45, 2.75) is 58.4 Å². The number of carbonyl (C=O) groups is 1. The number of ether oxygens (including phenoxy) is 1. The Bertz CT molecular complexity index is 1750. The molecule has 1 aliphatic carbocycles. The summed E-state index contributed by atoms with van der Waals surface area (Å²) >= 11 is 0. The number of rotatable bonds is 6. The van der Waals surface area contributed by atoms with Gasteiger partial charge in [-0.05, 0) is 73.9 Å². The number of methoxy groups -OCH3 is 1. The largest absolute Gasteiger partial charge is 0.496 e. The lowest BCUT2D eigenvalue weighted by molar-refractivity contribution is 0.136. The molecule has 0 radical (unpaired) electrons. The van der Waals surface area contributed by atoms with Crippen molar-refractivity contribution in [3.63, 3.8) is 0 Å². The number of benzene rings is 1. The summed E-state index contributed by atoms with van der Waals surface area (Å²) in [5.41, 5.74) is 5.22. The van der Waals surface area contributed by atoms with Gasteiger partial charge in [-0.15, -0.1) is 0 Å². The monoisotopic (exact) mass is 568 g/mol. The summed E-state index contributed by atoms with van der Waals surface area (Å²) in [6.07, 6.45) is 2.95. The fourth-order valence-electron chi connectivity index (χ4n) is 6.06. The molecule has 6 rings (SSSR count). The maximum Gasteiger partial charge on any atom is 0.407 e. The second-order valence-corrected chi connectivity index (χ2v) is 11.6. The molecule has 2 aliphatic rings. The summed E-state index contributed by atoms with van der Waals surface area (Å²) in [6.45, 7) is 9.13. The summed E-state index contributed by atoms with van der Waals surface area (Å²) in [4.78, 5) is 44.0. The molecule has 0 bridgehead atoms. The van der Waals surface area contributed by atoms with E-state index in [2.05, 4.69) is 24.9 Å². The molecule has 1 N–H and O–H groups in total. The Kier molecular flexibility index (Phi) is 7.08. The van der Waals surface area contributed by atoms with E-state index >= 15 is 0 Å². The van der Waals surface area contributed by atoms with Crippen molar-refractivity contribution in [1.82, 2.24) is 24.4 Å². The van der Waals surface area contributed by atoms with Gasteiger partial charge in [-0.2, -0.15) is 4.98 Å². The van der Waals surface area contributed by atoms with E-state index in [1.807, 2.05) is 49.1 Å². The van der Waals surface area contributed by atoms with Crippen molar-refractivity contribution in [1.29, 1.82) is 0 Å². The van der Waals surface area contributed by atoms with Crippen LogP contribution in [-0.4, -0.2) is 68.4 Å². The molecule has 1 saturated carbocycles. The van der Waals surface area contributed by atoms with Crippen LogP contribution in [0.1, 0.15) is 62.3 Å². The topological polar surface area (TPSA) is 114 Å². The van der Waals surface area contributed by atoms with Gasteiger partial charge in [-0.1, -0.05) is 26.0 Å². The number of hydrogen-bond acceptors (Lipinski definition) is 7. The van der Waals surface area contributed by atoms with Crippen molar-refractivity contribution < 1.29 is 14.6 Å². The SMILES string of the molecule is COc1ccccc1-c1nc2c(cc1C1CC1)c(N1CCN(C(=O)O)C[C@@H]1C)nc(=O)n2-c1c(C)ccnc1C(C)C. The molecule has 1 aliphatic heterocycles. The van der Waals surface area contributed by atoms with Gasteiger partial charge in [0.2, 0.25) is 0 Å². The van der Waals surface area contributed by atoms with E-state index in [1.54, 1.807) is 17.9 Å². The molecule has 10 nitrogen and oxygen atoms in total. The molecule has 1 amide bonds. The Morgan fingerprint density at radius 3 is 2.55 bits per heavy atom. The highest BCUT2D eigenvalue weighted by Crippen LogP contribution is 2.47. The second kappa shape index (κ2) is 10.7. The van der Waals surface area contributed by atoms with E-state index in [-0.39, 0.29) is 12.0 Å². The highest BCUT2D eigenvalue weighted by molar-refractivity contribution is 5.92. The van der Waals surface area contributed by atoms with E-state index in [0.29, 0.717) is 48.5 Å². The lowest BCUT2D eigenvalue weighted by Crippen LogP contribution is -2.54. The van der Waals surface area contributed by atoms with Gasteiger partial charge >= 0.3 is 11.8 Å². The maximum absolute atomic E-state index is 14.1. The van der Waals surface area contributed by atoms with Gasteiger partial charge in [0.05, 0.1) is 29.6 Å². The first-order valence-corrected chi connectivity index (χ1v) is 14.5. The van der Waals surface area contributed by atoms with Gasteiger partial charge in [-0.25, -0.2) is 19.1 Å². The first kappa shape index (κ1) is 27.7. The molecule has 0 spiro atoms. The third-order valence-electron chi connectivity index (χ3n) is 8.35. The molecule has 218 valence electrons. The Morgan fingerprint density at radius 2 is 1.88 bits per heavy atom. The van der Waals surface area contributed by atoms with Gasteiger partial charge in [0.1, 0.15) is 11.6 Å². The maximum atomic E-state index is 14.1. The molecular formula is C32H36N6O4. The first-order valence-electron chi connectivity index (χ1n) is 14.5. The quantitative estimate of drug-likeness (QED) is 0.331. The van der Waals surface area contributed by atoms with E-state index in [1.165, 1.54) is 4.90 Å². The minimum atomic E-state index is -0.942. The van der Waals surface area contributed by atoms with Gasteiger partial charge < -0.3 is 19.6 Å². The Hall–Kier alpha value is -4.47. The highest BCUT2D eigenvalue weighted by Gasteiger charge is 2.33. The predicted octanol–water partition coefficient (Wildman–Crippen LogP) is 5.35. The number of pyridine rings is 2. The van der Waals surface area contributed by atoms with Crippen LogP contribution < -0.4 is 15.3 Å². The molecule has 10 heteroatoms. The fraction of sp³-hybridized carbons (Fsp3) is 0.406. The number of fused-ring (bicyclic) bond motifs is 1. The predicted molar refractivity (Wildman–Crippen MR) is 162 cm³/mol. The minimum absolute atomic E-state index is 0.0602. The number of amides is 1. The number of anilines is 1. The van der Waals surface area contributed by atoms with E-state index in [0.717, 1.165) is 46.3 Å². The average molecular weight is 569 g/mol. The van der Waals surface area contributed by atoms with Crippen molar-refractivity contribution in [3.05, 3.63) is 69.9 Å². The van der Waals surface area contributed by atoms with Crippen LogP contribution in [0.3, 0.4) is 0 Å². The van der Waals surface area contributed by atoms with E-state index in [4.69, 9.17) is 14.7 Å². The molecule has 42 heavy (non-hydrogen) atoms. The summed E-state index contributed by atoms with van der Waals surface area (Å²) in [7, 11) is 1.65. The number of aryl methyl sites for hydroxylation is 1. The van der Waals surface area contributed by atoms with Crippen molar-refractivity contribution >= 4 is 22.9 Å². The average Bonchev–Trinajstić information content (AvgIpc) is 3.82. The molecule has 1 saturated heterocycles. The molecular weight excluding hydrogens is 532 g/mol. The second-order valence-electron chi connectivity index (χ2n) is 11.6. The zero-order chi connectivity index (χ0) is 29.7. The lowest BCUT2D eigenvalue weighted by atomic mass is 9.99. The van der Waals surface area contributed by atoms with Crippen LogP contribution in [0.15, 0.2) is 47.4 Å². The van der Waals surface area contributed by atoms with Gasteiger partial charge in [0.15, 0.2) is 5.65 Å². The first-order chi connectivity index (χ1) is 20.2. The van der Waals surface area contributed by atoms with Crippen molar-refractivity contribution in [2.24, 2.45) is 0 Å². The van der Waals surface area contributed by atoms with Crippen LogP contribution in [-0.2, 0) is 0 Å². The molecule has 3 aromatic heterocycles. The zero-order valence-corrected chi connectivity index (χ0v) is 24.7. The third kappa shape index (κ3) is 4.74. The highest BCUT2D eigenvalue weighted by atomic mass is 16.5. The van der Waals surface area contributed by atoms with Crippen molar-refractivity contribution in [3.8, 4) is 22.7 Å². The van der Waals surface area contributed by atoms with Crippen molar-refractivity contribution in [2.75, 3.05) is 31.6 Å². The van der Waals surface area contributed by atoms with Crippen LogP contribution in [0.4, 0.5) is 10.6 Å². The molecule has 2 fully saturated rings. The van der Waals surface area contributed by atoms with Crippen LogP contribution >= 0.6 is 0 Å². The van der Waals surface area contributed by atoms with Crippen LogP contribution in [0.5, 0.6) is 5.75 Å². The number of nitrogens with zero attached hydrogens (tertiary/aromatic N) is 6. The van der Waals surface area contributed by atoms with E-state index < -0.39 is 11.8 Å². The van der Waals surface area contributed by atoms with Crippen LogP contribution in [0, 0.1) is 6.92 Å². The standard InChI is InChI=1S/C32H36N6O4/c1-18(2)26-28(19(3)12-13-33-26)38-30-24(29(35-31(38)39)37-15-14-36(32(40)41)17-20(37)4)16-23(21-10-11-21)27(34-30)22-8-6-7-9-25(22)42-5/h6-9,12-13,16,18,20-21H,10-11,14-15,17H2,1-5H3,(H,40,41)/t20-/m0/s1. The molecule has 0 unspecified atom stereocenters. The fourth-order valence-corrected chi connectivity index (χ4v) is 6.06. The number of carboxylic acid groups (broad SMARTS) is 1. The number of aromatic nitrogens is 4. The smallest absolute Gasteiger partial charge is 0.407 e. The molecule has 4 heterocycles. The Morgan fingerprint density at radius 1 is 1.12 bits per heavy atom. The summed E-state index contributed by atoms with van der Waals surface area (Å²) in [5, 5.41) is 10.4. The molecule has 4 aromatic rings. The van der Waals surface area contributed by atoms with Crippen LogP contribution in [0.2, 0.25) is 0 Å². The van der Waals surface area contributed by atoms with Gasteiger partial charge in [-0.3, -0.25) is 4.98 Å². The lowest BCUT2D eigenvalue weighted by Gasteiger charge is -2.39. The summed E-state index contributed by atoms with van der Waals surface area (Å²) in [5.74, 6) is 1.67. The summed E-state index contributed by atoms with van der Waals surface area (Å²) < 4.78 is 7.36. The molecule has 1 atom stereocenters. The number of para-hydroxylation sites is 1. The Balaban J connectivity index is 1.69. The van der Waals surface area contributed by atoms with Gasteiger partial charge in [0, 0.05) is 37.4 Å². The molecule has 1 aromatic carbocycles. The number of hydrogen-bond donors (Lipinski definition) is 1. The summed E-state index contributed by atoms with van der Waals surface area (Å²) in [6, 6.07) is 11.7. The van der Waals surface area contributed by atoms with E-state index in [9.17, 15) is 14.7 Å². The van der Waals surface area contributed by atoms with Gasteiger partial charge in [0.25, 0.3) is 0 Å². The Labute approximate surface area is 244 Å². The minimum Gasteiger partial charge on any atom is -0.496 e. The number of piperazine rings is 1. The third-order valence-corrected chi connectivity index (χ3v) is 8.35. The van der Waals surface area contributed by atoms with Crippen LogP contribution in [0.25, 0.3) is 28.0 Å². The normalized spacial score (nSPS) is 17.2.